The van der Waals surface area contributed by atoms with Crippen molar-refractivity contribution in [3.05, 3.63) is 114 Å². The molecule has 0 radical (unpaired) electrons. The molecule has 178 valence electrons. The first-order chi connectivity index (χ1) is 17.0. The van der Waals surface area contributed by atoms with E-state index in [0.29, 0.717) is 23.5 Å². The summed E-state index contributed by atoms with van der Waals surface area (Å²) in [6, 6.07) is 22.1. The van der Waals surface area contributed by atoms with Gasteiger partial charge in [-0.2, -0.15) is 0 Å². The molecule has 0 aromatic heterocycles. The molecular weight excluding hydrogens is 449 g/mol. The molecule has 0 unspecified atom stereocenters. The molecule has 5 heteroatoms. The van der Waals surface area contributed by atoms with Crippen molar-refractivity contribution in [2.24, 2.45) is 0 Å². The summed E-state index contributed by atoms with van der Waals surface area (Å²) in [6.45, 7) is 3.98. The first kappa shape index (κ1) is 24.1. The van der Waals surface area contributed by atoms with Crippen LogP contribution in [0.25, 0.3) is 28.3 Å². The smallest absolute Gasteiger partial charge is 0.167 e. The van der Waals surface area contributed by atoms with Crippen molar-refractivity contribution in [1.82, 2.24) is 0 Å². The average Bonchev–Trinajstić information content (AvgIpc) is 2.87. The predicted molar refractivity (Wildman–Crippen MR) is 134 cm³/mol. The molecule has 0 atom stereocenters. The van der Waals surface area contributed by atoms with Crippen LogP contribution in [0.4, 0.5) is 13.2 Å². The molecule has 0 heterocycles. The summed E-state index contributed by atoms with van der Waals surface area (Å²) in [5.74, 6) is -1.57. The van der Waals surface area contributed by atoms with Crippen LogP contribution in [-0.2, 0) is 6.61 Å². The van der Waals surface area contributed by atoms with Gasteiger partial charge in [0.2, 0.25) is 0 Å². The average molecular weight is 475 g/mol. The minimum atomic E-state index is -0.929. The lowest BCUT2D eigenvalue weighted by atomic mass is 10.0. The number of hydrogen-bond donors (Lipinski definition) is 0. The van der Waals surface area contributed by atoms with Crippen LogP contribution < -0.4 is 9.47 Å². The molecule has 0 saturated heterocycles. The van der Waals surface area contributed by atoms with Crippen molar-refractivity contribution in [3.63, 3.8) is 0 Å². The van der Waals surface area contributed by atoms with E-state index < -0.39 is 17.5 Å². The fourth-order valence-corrected chi connectivity index (χ4v) is 3.75. The third-order valence-electron chi connectivity index (χ3n) is 5.56. The summed E-state index contributed by atoms with van der Waals surface area (Å²) in [5, 5.41) is 0. The van der Waals surface area contributed by atoms with Crippen molar-refractivity contribution in [1.29, 1.82) is 0 Å². The Kier molecular flexibility index (Phi) is 7.56. The van der Waals surface area contributed by atoms with Gasteiger partial charge in [0.25, 0.3) is 0 Å². The Hall–Kier alpha value is -3.99. The van der Waals surface area contributed by atoms with Crippen LogP contribution in [0.2, 0.25) is 0 Å². The molecular formula is C30H25F3O2. The highest BCUT2D eigenvalue weighted by atomic mass is 19.2. The molecule has 0 saturated carbocycles. The topological polar surface area (TPSA) is 18.5 Å². The van der Waals surface area contributed by atoms with E-state index in [1.165, 1.54) is 12.1 Å². The van der Waals surface area contributed by atoms with Crippen molar-refractivity contribution < 1.29 is 22.6 Å². The minimum absolute atomic E-state index is 0.120. The highest BCUT2D eigenvalue weighted by molar-refractivity contribution is 5.67. The zero-order valence-corrected chi connectivity index (χ0v) is 19.5. The lowest BCUT2D eigenvalue weighted by Gasteiger charge is -2.11. The molecule has 4 rings (SSSR count). The van der Waals surface area contributed by atoms with Crippen molar-refractivity contribution in [2.45, 2.75) is 20.5 Å². The quantitative estimate of drug-likeness (QED) is 0.255. The Bertz CT molecular complexity index is 1330. The lowest BCUT2D eigenvalue weighted by Crippen LogP contribution is -2.02. The number of halogens is 3. The van der Waals surface area contributed by atoms with Gasteiger partial charge in [0.15, 0.2) is 23.2 Å². The molecule has 0 amide bonds. The monoisotopic (exact) mass is 474 g/mol. The second-order valence-corrected chi connectivity index (χ2v) is 7.91. The van der Waals surface area contributed by atoms with Gasteiger partial charge in [-0.3, -0.25) is 0 Å². The predicted octanol–water partition coefficient (Wildman–Crippen LogP) is 8.45. The second kappa shape index (κ2) is 11.0. The Morgan fingerprint density at radius 3 is 2.06 bits per heavy atom. The molecule has 0 aliphatic rings. The first-order valence-electron chi connectivity index (χ1n) is 11.4. The summed E-state index contributed by atoms with van der Waals surface area (Å²) in [5.41, 5.74) is 3.39. The molecule has 0 N–H and O–H groups in total. The van der Waals surface area contributed by atoms with Gasteiger partial charge in [-0.1, -0.05) is 66.7 Å². The van der Waals surface area contributed by atoms with E-state index in [4.69, 9.17) is 9.47 Å². The second-order valence-electron chi connectivity index (χ2n) is 7.91. The van der Waals surface area contributed by atoms with Crippen LogP contribution in [-0.4, -0.2) is 6.61 Å². The van der Waals surface area contributed by atoms with Crippen LogP contribution in [0.3, 0.4) is 0 Å². The van der Waals surface area contributed by atoms with Gasteiger partial charge in [0.05, 0.1) is 6.61 Å². The van der Waals surface area contributed by atoms with E-state index in [9.17, 15) is 13.2 Å². The minimum Gasteiger partial charge on any atom is -0.491 e. The molecule has 2 nitrogen and oxygen atoms in total. The fraction of sp³-hybridized carbons (Fsp3) is 0.133. The van der Waals surface area contributed by atoms with Gasteiger partial charge in [-0.05, 0) is 60.4 Å². The number of rotatable bonds is 8. The summed E-state index contributed by atoms with van der Waals surface area (Å²) < 4.78 is 54.6. The van der Waals surface area contributed by atoms with Crippen molar-refractivity contribution >= 4 is 6.08 Å². The van der Waals surface area contributed by atoms with Crippen molar-refractivity contribution in [2.75, 3.05) is 6.61 Å². The van der Waals surface area contributed by atoms with E-state index in [1.807, 2.05) is 31.2 Å². The highest BCUT2D eigenvalue weighted by Crippen LogP contribution is 2.29. The normalized spacial score (nSPS) is 11.1. The highest BCUT2D eigenvalue weighted by Gasteiger charge is 2.15. The fourth-order valence-electron chi connectivity index (χ4n) is 3.75. The van der Waals surface area contributed by atoms with Gasteiger partial charge < -0.3 is 9.47 Å². The van der Waals surface area contributed by atoms with Crippen LogP contribution in [0, 0.1) is 17.5 Å². The molecule has 35 heavy (non-hydrogen) atoms. The molecule has 4 aromatic rings. The maximum atomic E-state index is 14.8. The van der Waals surface area contributed by atoms with Gasteiger partial charge in [0, 0.05) is 11.1 Å². The van der Waals surface area contributed by atoms with Crippen LogP contribution in [0.15, 0.2) is 84.9 Å². The first-order valence-corrected chi connectivity index (χ1v) is 11.4. The third kappa shape index (κ3) is 5.57. The van der Waals surface area contributed by atoms with Crippen molar-refractivity contribution in [3.8, 4) is 33.8 Å². The molecule has 0 bridgehead atoms. The number of benzene rings is 4. The Morgan fingerprint density at radius 2 is 1.40 bits per heavy atom. The number of ether oxygens (including phenoxy) is 2. The largest absolute Gasteiger partial charge is 0.491 e. The Balaban J connectivity index is 1.45. The van der Waals surface area contributed by atoms with E-state index in [2.05, 4.69) is 0 Å². The van der Waals surface area contributed by atoms with Crippen LogP contribution in [0.5, 0.6) is 11.5 Å². The summed E-state index contributed by atoms with van der Waals surface area (Å²) >= 11 is 0. The van der Waals surface area contributed by atoms with Crippen LogP contribution in [0.1, 0.15) is 25.0 Å². The van der Waals surface area contributed by atoms with E-state index >= 15 is 0 Å². The van der Waals surface area contributed by atoms with E-state index in [1.54, 1.807) is 61.5 Å². The SMILES string of the molecule is C/C=C/c1ccc(-c2ccc(COc3ccc(-c4ccc(OCC)c(F)c4)cc3)c(F)c2F)cc1. The zero-order chi connectivity index (χ0) is 24.8. The van der Waals surface area contributed by atoms with E-state index in [0.717, 1.165) is 11.1 Å². The summed E-state index contributed by atoms with van der Waals surface area (Å²) in [6.07, 6.45) is 3.85. The zero-order valence-electron chi connectivity index (χ0n) is 19.5. The van der Waals surface area contributed by atoms with E-state index in [-0.39, 0.29) is 23.5 Å². The van der Waals surface area contributed by atoms with Gasteiger partial charge in [-0.25, -0.2) is 13.2 Å². The summed E-state index contributed by atoms with van der Waals surface area (Å²) in [4.78, 5) is 0. The number of allylic oxidation sites excluding steroid dienone is 1. The van der Waals surface area contributed by atoms with Crippen LogP contribution >= 0.6 is 0 Å². The number of hydrogen-bond acceptors (Lipinski definition) is 2. The maximum absolute atomic E-state index is 14.8. The summed E-state index contributed by atoms with van der Waals surface area (Å²) in [7, 11) is 0. The third-order valence-corrected chi connectivity index (χ3v) is 5.56. The Morgan fingerprint density at radius 1 is 0.714 bits per heavy atom. The standard InChI is InChI=1S/C30H25F3O2/c1-3-5-20-6-8-22(9-7-20)26-16-12-24(29(32)30(26)33)19-35-25-14-10-21(11-15-25)23-13-17-28(34-4-2)27(31)18-23/h3,5-18H,4,19H2,1-2H3/b5-3+. The van der Waals surface area contributed by atoms with Gasteiger partial charge in [0.1, 0.15) is 12.4 Å². The van der Waals surface area contributed by atoms with Gasteiger partial charge in [-0.15, -0.1) is 0 Å². The lowest BCUT2D eigenvalue weighted by molar-refractivity contribution is 0.297. The molecule has 0 aliphatic carbocycles. The Labute approximate surface area is 203 Å². The molecule has 4 aromatic carbocycles. The van der Waals surface area contributed by atoms with Gasteiger partial charge >= 0.3 is 0 Å². The molecule has 0 spiro atoms. The molecule has 0 aliphatic heterocycles. The maximum Gasteiger partial charge on any atom is 0.167 e. The molecule has 0 fully saturated rings.